The summed E-state index contributed by atoms with van der Waals surface area (Å²) >= 11 is 0. The van der Waals surface area contributed by atoms with Crippen LogP contribution in [0.2, 0.25) is 0 Å². The minimum atomic E-state index is -0.120. The Labute approximate surface area is 127 Å². The van der Waals surface area contributed by atoms with Crippen molar-refractivity contribution in [2.24, 2.45) is 5.92 Å². The lowest BCUT2D eigenvalue weighted by Crippen LogP contribution is -2.35. The van der Waals surface area contributed by atoms with E-state index in [4.69, 9.17) is 9.47 Å². The highest BCUT2D eigenvalue weighted by Crippen LogP contribution is 2.28. The molecule has 4 heteroatoms. The van der Waals surface area contributed by atoms with Crippen molar-refractivity contribution in [1.82, 2.24) is 5.32 Å². The quantitative estimate of drug-likeness (QED) is 0.810. The molecular weight excluding hydrogens is 266 g/mol. The number of benzene rings is 1. The molecule has 2 rings (SSSR count). The lowest BCUT2D eigenvalue weighted by atomic mass is 10.0. The molecule has 0 aromatic heterocycles. The first kappa shape index (κ1) is 16.1. The SMILES string of the molecule is COc1ccc(CC(C)NCC2CCCC2O)cc1OC. The van der Waals surface area contributed by atoms with Gasteiger partial charge in [-0.2, -0.15) is 0 Å². The summed E-state index contributed by atoms with van der Waals surface area (Å²) in [6.07, 6.45) is 4.06. The third-order valence-electron chi connectivity index (χ3n) is 4.34. The molecule has 1 saturated carbocycles. The van der Waals surface area contributed by atoms with Gasteiger partial charge in [-0.3, -0.25) is 0 Å². The zero-order chi connectivity index (χ0) is 15.2. The predicted molar refractivity (Wildman–Crippen MR) is 84.1 cm³/mol. The maximum atomic E-state index is 9.85. The summed E-state index contributed by atoms with van der Waals surface area (Å²) in [5.41, 5.74) is 1.22. The van der Waals surface area contributed by atoms with Crippen LogP contribution in [0.3, 0.4) is 0 Å². The van der Waals surface area contributed by atoms with Crippen LogP contribution in [-0.2, 0) is 6.42 Å². The Morgan fingerprint density at radius 3 is 2.62 bits per heavy atom. The fraction of sp³-hybridized carbons (Fsp3) is 0.647. The first-order chi connectivity index (χ1) is 10.1. The minimum absolute atomic E-state index is 0.120. The summed E-state index contributed by atoms with van der Waals surface area (Å²) in [5.74, 6) is 1.95. The van der Waals surface area contributed by atoms with Crippen molar-refractivity contribution in [2.75, 3.05) is 20.8 Å². The smallest absolute Gasteiger partial charge is 0.160 e. The van der Waals surface area contributed by atoms with Gasteiger partial charge in [0.2, 0.25) is 0 Å². The molecule has 0 heterocycles. The Morgan fingerprint density at radius 2 is 2.00 bits per heavy atom. The molecule has 3 atom stereocenters. The van der Waals surface area contributed by atoms with Gasteiger partial charge < -0.3 is 19.9 Å². The highest BCUT2D eigenvalue weighted by atomic mass is 16.5. The van der Waals surface area contributed by atoms with Crippen LogP contribution < -0.4 is 14.8 Å². The Balaban J connectivity index is 1.85. The summed E-state index contributed by atoms with van der Waals surface area (Å²) in [4.78, 5) is 0. The van der Waals surface area contributed by atoms with Crippen LogP contribution in [0.4, 0.5) is 0 Å². The van der Waals surface area contributed by atoms with Crippen LogP contribution in [0, 0.1) is 5.92 Å². The van der Waals surface area contributed by atoms with E-state index in [0.717, 1.165) is 43.7 Å². The number of hydrogen-bond donors (Lipinski definition) is 2. The average Bonchev–Trinajstić information content (AvgIpc) is 2.90. The Bertz CT molecular complexity index is 450. The Morgan fingerprint density at radius 1 is 1.24 bits per heavy atom. The maximum absolute atomic E-state index is 9.85. The molecular formula is C17H27NO3. The van der Waals surface area contributed by atoms with Gasteiger partial charge in [-0.15, -0.1) is 0 Å². The lowest BCUT2D eigenvalue weighted by molar-refractivity contribution is 0.130. The molecule has 0 spiro atoms. The van der Waals surface area contributed by atoms with Gasteiger partial charge in [0.1, 0.15) is 0 Å². The van der Waals surface area contributed by atoms with Crippen LogP contribution >= 0.6 is 0 Å². The molecule has 2 N–H and O–H groups in total. The van der Waals surface area contributed by atoms with Crippen molar-refractivity contribution in [2.45, 2.75) is 44.8 Å². The van der Waals surface area contributed by atoms with Gasteiger partial charge in [0, 0.05) is 12.6 Å². The Kier molecular flexibility index (Phi) is 5.88. The van der Waals surface area contributed by atoms with Crippen LogP contribution in [0.25, 0.3) is 0 Å². The minimum Gasteiger partial charge on any atom is -0.493 e. The largest absolute Gasteiger partial charge is 0.493 e. The molecule has 4 nitrogen and oxygen atoms in total. The van der Waals surface area contributed by atoms with Gasteiger partial charge >= 0.3 is 0 Å². The molecule has 21 heavy (non-hydrogen) atoms. The second-order valence-corrected chi connectivity index (χ2v) is 5.96. The molecule has 1 aromatic carbocycles. The second kappa shape index (κ2) is 7.66. The monoisotopic (exact) mass is 293 g/mol. The van der Waals surface area contributed by atoms with Gasteiger partial charge in [-0.1, -0.05) is 12.5 Å². The Hall–Kier alpha value is -1.26. The predicted octanol–water partition coefficient (Wildman–Crippen LogP) is 2.39. The van der Waals surface area contributed by atoms with E-state index in [0.29, 0.717) is 12.0 Å². The van der Waals surface area contributed by atoms with Crippen molar-refractivity contribution in [3.63, 3.8) is 0 Å². The average molecular weight is 293 g/mol. The number of nitrogens with one attached hydrogen (secondary N) is 1. The molecule has 0 saturated heterocycles. The van der Waals surface area contributed by atoms with Crippen LogP contribution in [0.5, 0.6) is 11.5 Å². The first-order valence-corrected chi connectivity index (χ1v) is 7.76. The zero-order valence-corrected chi connectivity index (χ0v) is 13.3. The third-order valence-corrected chi connectivity index (χ3v) is 4.34. The zero-order valence-electron chi connectivity index (χ0n) is 13.3. The van der Waals surface area contributed by atoms with Gasteiger partial charge in [-0.25, -0.2) is 0 Å². The molecule has 118 valence electrons. The normalized spacial score (nSPS) is 23.0. The van der Waals surface area contributed by atoms with E-state index in [1.807, 2.05) is 12.1 Å². The van der Waals surface area contributed by atoms with Crippen LogP contribution in [0.15, 0.2) is 18.2 Å². The first-order valence-electron chi connectivity index (χ1n) is 7.76. The van der Waals surface area contributed by atoms with E-state index in [2.05, 4.69) is 18.3 Å². The van der Waals surface area contributed by atoms with Gasteiger partial charge in [0.05, 0.1) is 20.3 Å². The number of rotatable bonds is 7. The molecule has 0 bridgehead atoms. The second-order valence-electron chi connectivity index (χ2n) is 5.96. The van der Waals surface area contributed by atoms with Crippen molar-refractivity contribution >= 4 is 0 Å². The number of ether oxygens (including phenoxy) is 2. The van der Waals surface area contributed by atoms with Crippen molar-refractivity contribution in [3.05, 3.63) is 23.8 Å². The van der Waals surface area contributed by atoms with Gasteiger partial charge in [0.25, 0.3) is 0 Å². The lowest BCUT2D eigenvalue weighted by Gasteiger charge is -2.20. The summed E-state index contributed by atoms with van der Waals surface area (Å²) in [7, 11) is 3.30. The summed E-state index contributed by atoms with van der Waals surface area (Å²) < 4.78 is 10.6. The highest BCUT2D eigenvalue weighted by molar-refractivity contribution is 5.43. The highest BCUT2D eigenvalue weighted by Gasteiger charge is 2.25. The number of aliphatic hydroxyl groups is 1. The molecule has 0 amide bonds. The van der Waals surface area contributed by atoms with E-state index in [9.17, 15) is 5.11 Å². The van der Waals surface area contributed by atoms with Crippen LogP contribution in [-0.4, -0.2) is 38.0 Å². The summed E-state index contributed by atoms with van der Waals surface area (Å²) in [5, 5.41) is 13.4. The fourth-order valence-electron chi connectivity index (χ4n) is 3.04. The van der Waals surface area contributed by atoms with Gasteiger partial charge in [-0.05, 0) is 49.8 Å². The van der Waals surface area contributed by atoms with E-state index < -0.39 is 0 Å². The van der Waals surface area contributed by atoms with Gasteiger partial charge in [0.15, 0.2) is 11.5 Å². The summed E-state index contributed by atoms with van der Waals surface area (Å²) in [6, 6.07) is 6.42. The maximum Gasteiger partial charge on any atom is 0.160 e. The van der Waals surface area contributed by atoms with Crippen molar-refractivity contribution < 1.29 is 14.6 Å². The van der Waals surface area contributed by atoms with Crippen molar-refractivity contribution in [3.8, 4) is 11.5 Å². The molecule has 0 aliphatic heterocycles. The molecule has 1 aliphatic rings. The fourth-order valence-corrected chi connectivity index (χ4v) is 3.04. The standard InChI is InChI=1S/C17H27NO3/c1-12(18-11-14-5-4-6-15(14)19)9-13-7-8-16(20-2)17(10-13)21-3/h7-8,10,12,14-15,18-19H,4-6,9,11H2,1-3H3. The number of hydrogen-bond acceptors (Lipinski definition) is 4. The number of aliphatic hydroxyl groups excluding tert-OH is 1. The topological polar surface area (TPSA) is 50.7 Å². The molecule has 0 radical (unpaired) electrons. The van der Waals surface area contributed by atoms with Crippen LogP contribution in [0.1, 0.15) is 31.7 Å². The van der Waals surface area contributed by atoms with E-state index in [-0.39, 0.29) is 6.10 Å². The molecule has 1 aromatic rings. The van der Waals surface area contributed by atoms with E-state index in [1.54, 1.807) is 14.2 Å². The molecule has 1 aliphatic carbocycles. The van der Waals surface area contributed by atoms with E-state index in [1.165, 1.54) is 5.56 Å². The molecule has 3 unspecified atom stereocenters. The third kappa shape index (κ3) is 4.35. The summed E-state index contributed by atoms with van der Waals surface area (Å²) in [6.45, 7) is 3.08. The number of methoxy groups -OCH3 is 2. The van der Waals surface area contributed by atoms with Crippen molar-refractivity contribution in [1.29, 1.82) is 0 Å². The van der Waals surface area contributed by atoms with E-state index >= 15 is 0 Å². The molecule has 1 fully saturated rings.